The quantitative estimate of drug-likeness (QED) is 0.710. The van der Waals surface area contributed by atoms with Gasteiger partial charge in [0.25, 0.3) is 0 Å². The Balaban J connectivity index is 2.30. The van der Waals surface area contributed by atoms with Crippen LogP contribution in [-0.2, 0) is 4.79 Å². The first kappa shape index (κ1) is 15.4. The number of hydrogen-bond donors (Lipinski definition) is 1. The number of rotatable bonds is 8. The summed E-state index contributed by atoms with van der Waals surface area (Å²) in [6.45, 7) is 12.5. The lowest BCUT2D eigenvalue weighted by atomic mass is 10.2. The standard InChI is InChI=1S/C14H29N3O/c1-4-16(5-2)11-8-12-17(6-3)14(18)13-9-7-10-15-13/h13,15H,4-12H2,1-3H3. The van der Waals surface area contributed by atoms with Gasteiger partial charge < -0.3 is 15.1 Å². The van der Waals surface area contributed by atoms with Crippen molar-refractivity contribution in [1.82, 2.24) is 15.1 Å². The molecule has 106 valence electrons. The highest BCUT2D eigenvalue weighted by Gasteiger charge is 2.25. The summed E-state index contributed by atoms with van der Waals surface area (Å²) in [4.78, 5) is 16.7. The largest absolute Gasteiger partial charge is 0.342 e. The topological polar surface area (TPSA) is 35.6 Å². The molecule has 0 spiro atoms. The zero-order chi connectivity index (χ0) is 13.4. The van der Waals surface area contributed by atoms with Crippen LogP contribution in [0.4, 0.5) is 0 Å². The number of amides is 1. The highest BCUT2D eigenvalue weighted by molar-refractivity contribution is 5.82. The van der Waals surface area contributed by atoms with Gasteiger partial charge in [0.2, 0.25) is 5.91 Å². The van der Waals surface area contributed by atoms with Crippen molar-refractivity contribution >= 4 is 5.91 Å². The second kappa shape index (κ2) is 8.48. The Morgan fingerprint density at radius 3 is 2.39 bits per heavy atom. The fourth-order valence-corrected chi connectivity index (χ4v) is 2.56. The molecule has 1 aliphatic rings. The molecule has 0 aliphatic carbocycles. The van der Waals surface area contributed by atoms with Gasteiger partial charge in [-0.2, -0.15) is 0 Å². The van der Waals surface area contributed by atoms with Crippen molar-refractivity contribution in [3.05, 3.63) is 0 Å². The third kappa shape index (κ3) is 4.58. The second-order valence-corrected chi connectivity index (χ2v) is 4.95. The SMILES string of the molecule is CCN(CC)CCCN(CC)C(=O)C1CCCN1. The number of likely N-dealkylation sites (N-methyl/N-ethyl adjacent to an activating group) is 1. The van der Waals surface area contributed by atoms with E-state index in [0.717, 1.165) is 58.5 Å². The summed E-state index contributed by atoms with van der Waals surface area (Å²) in [6, 6.07) is 0.0819. The van der Waals surface area contributed by atoms with Gasteiger partial charge in [0.15, 0.2) is 0 Å². The minimum Gasteiger partial charge on any atom is -0.342 e. The molecule has 0 aromatic rings. The van der Waals surface area contributed by atoms with E-state index in [4.69, 9.17) is 0 Å². The van der Waals surface area contributed by atoms with E-state index in [9.17, 15) is 4.79 Å². The normalized spacial score (nSPS) is 19.4. The van der Waals surface area contributed by atoms with Crippen molar-refractivity contribution in [2.75, 3.05) is 39.3 Å². The molecule has 1 saturated heterocycles. The number of carbonyl (C=O) groups excluding carboxylic acids is 1. The molecule has 4 heteroatoms. The van der Waals surface area contributed by atoms with Crippen LogP contribution in [0.5, 0.6) is 0 Å². The third-order valence-electron chi connectivity index (χ3n) is 3.85. The van der Waals surface area contributed by atoms with Crippen molar-refractivity contribution in [2.45, 2.75) is 46.1 Å². The Kier molecular flexibility index (Phi) is 7.28. The zero-order valence-corrected chi connectivity index (χ0v) is 12.2. The predicted molar refractivity (Wildman–Crippen MR) is 75.7 cm³/mol. The average molecular weight is 255 g/mol. The molecule has 1 aliphatic heterocycles. The van der Waals surface area contributed by atoms with Gasteiger partial charge in [-0.25, -0.2) is 0 Å². The van der Waals surface area contributed by atoms with Crippen molar-refractivity contribution < 1.29 is 4.79 Å². The Morgan fingerprint density at radius 1 is 1.17 bits per heavy atom. The van der Waals surface area contributed by atoms with Crippen LogP contribution in [0.2, 0.25) is 0 Å². The van der Waals surface area contributed by atoms with E-state index in [1.807, 2.05) is 4.90 Å². The molecular weight excluding hydrogens is 226 g/mol. The molecule has 1 N–H and O–H groups in total. The highest BCUT2D eigenvalue weighted by Crippen LogP contribution is 2.09. The van der Waals surface area contributed by atoms with Gasteiger partial charge >= 0.3 is 0 Å². The lowest BCUT2D eigenvalue weighted by Crippen LogP contribution is -2.44. The summed E-state index contributed by atoms with van der Waals surface area (Å²) in [5.74, 6) is 0.301. The van der Waals surface area contributed by atoms with Gasteiger partial charge in [-0.3, -0.25) is 4.79 Å². The van der Waals surface area contributed by atoms with Crippen LogP contribution < -0.4 is 5.32 Å². The van der Waals surface area contributed by atoms with Crippen molar-refractivity contribution in [2.24, 2.45) is 0 Å². The van der Waals surface area contributed by atoms with Gasteiger partial charge in [-0.15, -0.1) is 0 Å². The first-order chi connectivity index (χ1) is 8.72. The molecular formula is C14H29N3O. The minimum absolute atomic E-state index is 0.0819. The summed E-state index contributed by atoms with van der Waals surface area (Å²) in [5, 5.41) is 3.29. The van der Waals surface area contributed by atoms with Gasteiger partial charge in [0, 0.05) is 13.1 Å². The van der Waals surface area contributed by atoms with E-state index in [0.29, 0.717) is 5.91 Å². The summed E-state index contributed by atoms with van der Waals surface area (Å²) >= 11 is 0. The molecule has 1 atom stereocenters. The maximum absolute atomic E-state index is 12.2. The lowest BCUT2D eigenvalue weighted by Gasteiger charge is -2.26. The van der Waals surface area contributed by atoms with Crippen molar-refractivity contribution in [1.29, 1.82) is 0 Å². The highest BCUT2D eigenvalue weighted by atomic mass is 16.2. The van der Waals surface area contributed by atoms with Crippen LogP contribution in [0.3, 0.4) is 0 Å². The van der Waals surface area contributed by atoms with Gasteiger partial charge in [0.1, 0.15) is 0 Å². The Labute approximate surface area is 112 Å². The van der Waals surface area contributed by atoms with E-state index in [2.05, 4.69) is 31.0 Å². The molecule has 0 saturated carbocycles. The minimum atomic E-state index is 0.0819. The van der Waals surface area contributed by atoms with Crippen LogP contribution in [0.25, 0.3) is 0 Å². The number of nitrogens with one attached hydrogen (secondary N) is 1. The molecule has 1 amide bonds. The third-order valence-corrected chi connectivity index (χ3v) is 3.85. The lowest BCUT2D eigenvalue weighted by molar-refractivity contribution is -0.133. The first-order valence-electron chi connectivity index (χ1n) is 7.47. The van der Waals surface area contributed by atoms with Crippen LogP contribution in [0, 0.1) is 0 Å². The Hall–Kier alpha value is -0.610. The van der Waals surface area contributed by atoms with E-state index < -0.39 is 0 Å². The molecule has 0 aromatic heterocycles. The number of hydrogen-bond acceptors (Lipinski definition) is 3. The van der Waals surface area contributed by atoms with Crippen molar-refractivity contribution in [3.8, 4) is 0 Å². The average Bonchev–Trinajstić information content (AvgIpc) is 2.92. The van der Waals surface area contributed by atoms with E-state index in [-0.39, 0.29) is 6.04 Å². The van der Waals surface area contributed by atoms with Gasteiger partial charge in [0.05, 0.1) is 6.04 Å². The molecule has 1 fully saturated rings. The van der Waals surface area contributed by atoms with E-state index in [1.54, 1.807) is 0 Å². The zero-order valence-electron chi connectivity index (χ0n) is 12.2. The predicted octanol–water partition coefficient (Wildman–Crippen LogP) is 1.32. The summed E-state index contributed by atoms with van der Waals surface area (Å²) in [5.41, 5.74) is 0. The number of nitrogens with zero attached hydrogens (tertiary/aromatic N) is 2. The van der Waals surface area contributed by atoms with Gasteiger partial charge in [-0.05, 0) is 52.4 Å². The van der Waals surface area contributed by atoms with E-state index in [1.165, 1.54) is 0 Å². The molecule has 0 aromatic carbocycles. The summed E-state index contributed by atoms with van der Waals surface area (Å²) in [7, 11) is 0. The monoisotopic (exact) mass is 255 g/mol. The summed E-state index contributed by atoms with van der Waals surface area (Å²) < 4.78 is 0. The molecule has 18 heavy (non-hydrogen) atoms. The summed E-state index contributed by atoms with van der Waals surface area (Å²) in [6.07, 6.45) is 3.22. The van der Waals surface area contributed by atoms with Crippen LogP contribution in [-0.4, -0.2) is 61.0 Å². The first-order valence-corrected chi connectivity index (χ1v) is 7.47. The number of carbonyl (C=O) groups is 1. The fourth-order valence-electron chi connectivity index (χ4n) is 2.56. The maximum atomic E-state index is 12.2. The molecule has 4 nitrogen and oxygen atoms in total. The maximum Gasteiger partial charge on any atom is 0.239 e. The van der Waals surface area contributed by atoms with Gasteiger partial charge in [-0.1, -0.05) is 13.8 Å². The Bertz CT molecular complexity index is 235. The smallest absolute Gasteiger partial charge is 0.239 e. The fraction of sp³-hybridized carbons (Fsp3) is 0.929. The molecule has 0 radical (unpaired) electrons. The second-order valence-electron chi connectivity index (χ2n) is 4.95. The Morgan fingerprint density at radius 2 is 1.89 bits per heavy atom. The van der Waals surface area contributed by atoms with E-state index >= 15 is 0 Å². The van der Waals surface area contributed by atoms with Crippen LogP contribution in [0.1, 0.15) is 40.0 Å². The molecule has 1 unspecified atom stereocenters. The van der Waals surface area contributed by atoms with Crippen molar-refractivity contribution in [3.63, 3.8) is 0 Å². The molecule has 1 heterocycles. The van der Waals surface area contributed by atoms with Crippen LogP contribution in [0.15, 0.2) is 0 Å². The molecule has 0 bridgehead atoms. The molecule has 1 rings (SSSR count). The van der Waals surface area contributed by atoms with Crippen LogP contribution >= 0.6 is 0 Å².